The van der Waals surface area contributed by atoms with Crippen molar-refractivity contribution >= 4 is 35.8 Å². The summed E-state index contributed by atoms with van der Waals surface area (Å²) in [6.45, 7) is 3.84. The topological polar surface area (TPSA) is 79.5 Å². The molecule has 1 fully saturated rings. The summed E-state index contributed by atoms with van der Waals surface area (Å²) in [5.74, 6) is 1.01. The number of carbonyl (C=O) groups is 1. The third-order valence-corrected chi connectivity index (χ3v) is 2.51. The second kappa shape index (κ2) is 9.49. The molecule has 5 nitrogen and oxygen atoms in total. The molecule has 100 valence electrons. The minimum absolute atomic E-state index is 0. The summed E-state index contributed by atoms with van der Waals surface area (Å²) in [5, 5.41) is 5.80. The van der Waals surface area contributed by atoms with Crippen molar-refractivity contribution in [3.8, 4) is 0 Å². The summed E-state index contributed by atoms with van der Waals surface area (Å²) >= 11 is 0. The van der Waals surface area contributed by atoms with Crippen molar-refractivity contribution in [2.24, 2.45) is 16.6 Å². The van der Waals surface area contributed by atoms with Crippen LogP contribution in [0.4, 0.5) is 0 Å². The molecule has 17 heavy (non-hydrogen) atoms. The molecule has 6 heteroatoms. The standard InChI is InChI=1S/C11H22N4O.HI/c1-2-3-6-13-11(12)15-8-10(16)14-7-9-4-5-9;/h9H,2-8H2,1H3,(H,14,16)(H3,12,13,15);1H. The summed E-state index contributed by atoms with van der Waals surface area (Å²) in [7, 11) is 0. The highest BCUT2D eigenvalue weighted by atomic mass is 127. The van der Waals surface area contributed by atoms with E-state index in [4.69, 9.17) is 5.73 Å². The second-order valence-electron chi connectivity index (χ2n) is 4.23. The molecule has 1 aliphatic carbocycles. The minimum Gasteiger partial charge on any atom is -0.370 e. The van der Waals surface area contributed by atoms with Gasteiger partial charge in [0.25, 0.3) is 0 Å². The van der Waals surface area contributed by atoms with Crippen molar-refractivity contribution in [3.05, 3.63) is 0 Å². The van der Waals surface area contributed by atoms with Gasteiger partial charge in [0.05, 0.1) is 0 Å². The van der Waals surface area contributed by atoms with Crippen molar-refractivity contribution in [1.29, 1.82) is 0 Å². The lowest BCUT2D eigenvalue weighted by Gasteiger charge is -2.04. The third kappa shape index (κ3) is 9.20. The molecule has 0 spiro atoms. The fourth-order valence-electron chi connectivity index (χ4n) is 1.24. The van der Waals surface area contributed by atoms with Gasteiger partial charge in [0.15, 0.2) is 5.96 Å². The van der Waals surface area contributed by atoms with Gasteiger partial charge >= 0.3 is 0 Å². The lowest BCUT2D eigenvalue weighted by atomic mass is 10.3. The van der Waals surface area contributed by atoms with E-state index in [9.17, 15) is 4.79 Å². The molecule has 0 unspecified atom stereocenters. The van der Waals surface area contributed by atoms with Crippen LogP contribution < -0.4 is 16.4 Å². The lowest BCUT2D eigenvalue weighted by molar-refractivity contribution is -0.119. The van der Waals surface area contributed by atoms with Gasteiger partial charge < -0.3 is 16.4 Å². The number of halogens is 1. The van der Waals surface area contributed by atoms with E-state index in [1.54, 1.807) is 0 Å². The van der Waals surface area contributed by atoms with Gasteiger partial charge in [-0.2, -0.15) is 0 Å². The molecule has 1 amide bonds. The van der Waals surface area contributed by atoms with Crippen LogP contribution in [0.2, 0.25) is 0 Å². The fourth-order valence-corrected chi connectivity index (χ4v) is 1.24. The Balaban J connectivity index is 0.00000256. The van der Waals surface area contributed by atoms with Crippen LogP contribution in [0.3, 0.4) is 0 Å². The monoisotopic (exact) mass is 354 g/mol. The quantitative estimate of drug-likeness (QED) is 0.274. The molecule has 1 saturated carbocycles. The first-order chi connectivity index (χ1) is 7.72. The van der Waals surface area contributed by atoms with E-state index in [1.807, 2.05) is 0 Å². The molecule has 0 aromatic carbocycles. The summed E-state index contributed by atoms with van der Waals surface area (Å²) < 4.78 is 0. The number of nitrogens with one attached hydrogen (secondary N) is 2. The molecule has 0 heterocycles. The van der Waals surface area contributed by atoms with Crippen LogP contribution in [0, 0.1) is 5.92 Å². The van der Waals surface area contributed by atoms with Crippen LogP contribution in [0.1, 0.15) is 32.6 Å². The Hall–Kier alpha value is -0.530. The van der Waals surface area contributed by atoms with Crippen LogP contribution in [-0.2, 0) is 4.79 Å². The molecule has 0 aliphatic heterocycles. The number of hydrogen-bond donors (Lipinski definition) is 3. The average Bonchev–Trinajstić information content (AvgIpc) is 3.08. The van der Waals surface area contributed by atoms with Crippen LogP contribution in [0.5, 0.6) is 0 Å². The Morgan fingerprint density at radius 1 is 1.41 bits per heavy atom. The number of guanidine groups is 1. The molecule has 4 N–H and O–H groups in total. The predicted molar refractivity (Wildman–Crippen MR) is 80.5 cm³/mol. The maximum atomic E-state index is 11.3. The molecular weight excluding hydrogens is 331 g/mol. The minimum atomic E-state index is -0.0489. The van der Waals surface area contributed by atoms with Gasteiger partial charge in [-0.25, -0.2) is 4.99 Å². The summed E-state index contributed by atoms with van der Waals surface area (Å²) in [6.07, 6.45) is 4.65. The highest BCUT2D eigenvalue weighted by Crippen LogP contribution is 2.27. The Morgan fingerprint density at radius 2 is 2.12 bits per heavy atom. The molecule has 0 atom stereocenters. The molecule has 0 aromatic rings. The van der Waals surface area contributed by atoms with Crippen molar-refractivity contribution in [1.82, 2.24) is 10.6 Å². The van der Waals surface area contributed by atoms with Crippen molar-refractivity contribution in [3.63, 3.8) is 0 Å². The number of aliphatic imine (C=N–C) groups is 1. The molecule has 0 bridgehead atoms. The number of hydrogen-bond acceptors (Lipinski definition) is 2. The largest absolute Gasteiger partial charge is 0.370 e. The Bertz CT molecular complexity index is 254. The van der Waals surface area contributed by atoms with Crippen molar-refractivity contribution < 1.29 is 4.79 Å². The van der Waals surface area contributed by atoms with E-state index in [-0.39, 0.29) is 36.4 Å². The number of nitrogens with zero attached hydrogens (tertiary/aromatic N) is 1. The smallest absolute Gasteiger partial charge is 0.241 e. The molecule has 1 aliphatic rings. The van der Waals surface area contributed by atoms with Gasteiger partial charge in [-0.3, -0.25) is 4.79 Å². The molecular formula is C11H23IN4O. The number of nitrogens with two attached hydrogens (primary N) is 1. The van der Waals surface area contributed by atoms with E-state index in [0.29, 0.717) is 11.9 Å². The van der Waals surface area contributed by atoms with Crippen molar-refractivity contribution in [2.45, 2.75) is 32.6 Å². The molecule has 1 rings (SSSR count). The van der Waals surface area contributed by atoms with Gasteiger partial charge in [-0.1, -0.05) is 13.3 Å². The predicted octanol–water partition coefficient (Wildman–Crippen LogP) is 0.835. The normalized spacial score (nSPS) is 15.0. The van der Waals surface area contributed by atoms with E-state index in [2.05, 4.69) is 22.5 Å². The van der Waals surface area contributed by atoms with E-state index in [0.717, 1.165) is 25.9 Å². The zero-order chi connectivity index (χ0) is 11.8. The maximum absolute atomic E-state index is 11.3. The van der Waals surface area contributed by atoms with Gasteiger partial charge in [0, 0.05) is 13.1 Å². The highest BCUT2D eigenvalue weighted by Gasteiger charge is 2.21. The van der Waals surface area contributed by atoms with Crippen LogP contribution in [0.15, 0.2) is 4.99 Å². The average molecular weight is 354 g/mol. The summed E-state index contributed by atoms with van der Waals surface area (Å²) in [4.78, 5) is 15.3. The SMILES string of the molecule is CCCCNC(N)=NCC(=O)NCC1CC1.I. The fraction of sp³-hybridized carbons (Fsp3) is 0.818. The number of unbranched alkanes of at least 4 members (excludes halogenated alkanes) is 1. The Kier molecular flexibility index (Phi) is 9.20. The zero-order valence-corrected chi connectivity index (χ0v) is 12.7. The second-order valence-corrected chi connectivity index (χ2v) is 4.23. The molecule has 0 aromatic heterocycles. The molecule has 0 saturated heterocycles. The number of amides is 1. The maximum Gasteiger partial charge on any atom is 0.241 e. The highest BCUT2D eigenvalue weighted by molar-refractivity contribution is 14.0. The first-order valence-electron chi connectivity index (χ1n) is 6.03. The van der Waals surface area contributed by atoms with E-state index < -0.39 is 0 Å². The van der Waals surface area contributed by atoms with Crippen LogP contribution in [-0.4, -0.2) is 31.5 Å². The van der Waals surface area contributed by atoms with Gasteiger partial charge in [-0.15, -0.1) is 24.0 Å². The first kappa shape index (κ1) is 16.5. The lowest BCUT2D eigenvalue weighted by Crippen LogP contribution is -2.34. The van der Waals surface area contributed by atoms with Crippen molar-refractivity contribution in [2.75, 3.05) is 19.6 Å². The van der Waals surface area contributed by atoms with E-state index >= 15 is 0 Å². The molecule has 0 radical (unpaired) electrons. The summed E-state index contributed by atoms with van der Waals surface area (Å²) in [5.41, 5.74) is 5.59. The number of rotatable bonds is 7. The Morgan fingerprint density at radius 3 is 2.71 bits per heavy atom. The van der Waals surface area contributed by atoms with Gasteiger partial charge in [0.2, 0.25) is 5.91 Å². The Labute approximate surface area is 120 Å². The van der Waals surface area contributed by atoms with Crippen LogP contribution in [0.25, 0.3) is 0 Å². The summed E-state index contributed by atoms with van der Waals surface area (Å²) in [6, 6.07) is 0. The van der Waals surface area contributed by atoms with Gasteiger partial charge in [-0.05, 0) is 25.2 Å². The van der Waals surface area contributed by atoms with Crippen LogP contribution >= 0.6 is 24.0 Å². The third-order valence-electron chi connectivity index (χ3n) is 2.51. The zero-order valence-electron chi connectivity index (χ0n) is 10.4. The van der Waals surface area contributed by atoms with Gasteiger partial charge in [0.1, 0.15) is 6.54 Å². The number of carbonyl (C=O) groups excluding carboxylic acids is 1. The van der Waals surface area contributed by atoms with E-state index in [1.165, 1.54) is 12.8 Å². The first-order valence-corrected chi connectivity index (χ1v) is 6.03.